The van der Waals surface area contributed by atoms with Gasteiger partial charge in [0.25, 0.3) is 0 Å². The summed E-state index contributed by atoms with van der Waals surface area (Å²) < 4.78 is 28.5. The van der Waals surface area contributed by atoms with Crippen molar-refractivity contribution in [2.45, 2.75) is 58.2 Å². The van der Waals surface area contributed by atoms with Crippen LogP contribution in [0.3, 0.4) is 0 Å². The van der Waals surface area contributed by atoms with Crippen molar-refractivity contribution in [2.24, 2.45) is 0 Å². The van der Waals surface area contributed by atoms with E-state index >= 15 is 0 Å². The zero-order valence-electron chi connectivity index (χ0n) is 12.5. The zero-order valence-corrected chi connectivity index (χ0v) is 12.5. The summed E-state index contributed by atoms with van der Waals surface area (Å²) in [6, 6.07) is 3.44. The summed E-state index contributed by atoms with van der Waals surface area (Å²) in [5, 5.41) is 3.17. The molecule has 0 unspecified atom stereocenters. The average Bonchev–Trinajstić information content (AvgIpc) is 2.89. The van der Waals surface area contributed by atoms with Crippen molar-refractivity contribution in [1.29, 1.82) is 0 Å². The lowest BCUT2D eigenvalue weighted by Crippen LogP contribution is -2.30. The molecule has 0 bridgehead atoms. The maximum atomic E-state index is 14.2. The molecule has 0 saturated heterocycles. The molecule has 0 amide bonds. The van der Waals surface area contributed by atoms with Crippen LogP contribution in [0.15, 0.2) is 12.1 Å². The quantitative estimate of drug-likeness (QED) is 0.882. The predicted octanol–water partition coefficient (Wildman–Crippen LogP) is 3.84. The van der Waals surface area contributed by atoms with Gasteiger partial charge in [0.1, 0.15) is 17.3 Å². The van der Waals surface area contributed by atoms with Crippen molar-refractivity contribution >= 4 is 5.69 Å². The van der Waals surface area contributed by atoms with E-state index in [0.29, 0.717) is 18.2 Å². The van der Waals surface area contributed by atoms with Crippen molar-refractivity contribution in [3.8, 4) is 0 Å². The summed E-state index contributed by atoms with van der Waals surface area (Å²) in [7, 11) is 1.80. The summed E-state index contributed by atoms with van der Waals surface area (Å²) in [6.45, 7) is 4.50. The molecule has 4 heteroatoms. The fourth-order valence-electron chi connectivity index (χ4n) is 2.85. The molecule has 1 N–H and O–H groups in total. The Morgan fingerprint density at radius 2 is 1.75 bits per heavy atom. The van der Waals surface area contributed by atoms with Crippen molar-refractivity contribution in [2.75, 3.05) is 11.9 Å². The lowest BCUT2D eigenvalue weighted by atomic mass is 10.1. The standard InChI is InChI=1S/C16H24F2N2/c1-11(2)19-10-12-8-14(17)16(15(18)9-12)20(3)13-6-4-5-7-13/h8-9,11,13,19H,4-7,10H2,1-3H3. The molecule has 0 atom stereocenters. The van der Waals surface area contributed by atoms with E-state index in [9.17, 15) is 8.78 Å². The van der Waals surface area contributed by atoms with Gasteiger partial charge in [-0.05, 0) is 30.5 Å². The normalized spacial score (nSPS) is 16.1. The number of nitrogens with one attached hydrogen (secondary N) is 1. The minimum Gasteiger partial charge on any atom is -0.367 e. The van der Waals surface area contributed by atoms with Crippen LogP contribution < -0.4 is 10.2 Å². The van der Waals surface area contributed by atoms with Gasteiger partial charge in [0.05, 0.1) is 0 Å². The Morgan fingerprint density at radius 1 is 1.20 bits per heavy atom. The summed E-state index contributed by atoms with van der Waals surface area (Å²) >= 11 is 0. The van der Waals surface area contributed by atoms with Crippen molar-refractivity contribution in [1.82, 2.24) is 5.32 Å². The molecule has 0 spiro atoms. The Labute approximate surface area is 120 Å². The topological polar surface area (TPSA) is 15.3 Å². The number of benzene rings is 1. The third-order valence-electron chi connectivity index (χ3n) is 4.02. The molecule has 2 rings (SSSR count). The third kappa shape index (κ3) is 3.48. The van der Waals surface area contributed by atoms with E-state index in [1.807, 2.05) is 13.8 Å². The second kappa shape index (κ2) is 6.53. The van der Waals surface area contributed by atoms with Gasteiger partial charge >= 0.3 is 0 Å². The van der Waals surface area contributed by atoms with Crippen LogP contribution in [-0.4, -0.2) is 19.1 Å². The SMILES string of the molecule is CC(C)NCc1cc(F)c(N(C)C2CCCC2)c(F)c1. The Morgan fingerprint density at radius 3 is 2.25 bits per heavy atom. The highest BCUT2D eigenvalue weighted by molar-refractivity contribution is 5.51. The van der Waals surface area contributed by atoms with E-state index < -0.39 is 11.6 Å². The summed E-state index contributed by atoms with van der Waals surface area (Å²) in [5.74, 6) is -0.917. The highest BCUT2D eigenvalue weighted by atomic mass is 19.1. The molecule has 1 aromatic carbocycles. The lowest BCUT2D eigenvalue weighted by Gasteiger charge is -2.27. The van der Waals surface area contributed by atoms with Crippen molar-refractivity contribution < 1.29 is 8.78 Å². The van der Waals surface area contributed by atoms with Crippen LogP contribution in [0.25, 0.3) is 0 Å². The molecule has 0 heterocycles. The molecular weight excluding hydrogens is 258 g/mol. The number of nitrogens with zero attached hydrogens (tertiary/aromatic N) is 1. The van der Waals surface area contributed by atoms with Crippen LogP contribution in [0, 0.1) is 11.6 Å². The molecule has 20 heavy (non-hydrogen) atoms. The second-order valence-corrected chi connectivity index (χ2v) is 5.99. The fraction of sp³-hybridized carbons (Fsp3) is 0.625. The van der Waals surface area contributed by atoms with E-state index in [1.165, 1.54) is 12.1 Å². The summed E-state index contributed by atoms with van der Waals surface area (Å²) in [6.07, 6.45) is 4.33. The van der Waals surface area contributed by atoms with Gasteiger partial charge in [-0.3, -0.25) is 0 Å². The van der Waals surface area contributed by atoms with Crippen LogP contribution in [0.4, 0.5) is 14.5 Å². The van der Waals surface area contributed by atoms with Gasteiger partial charge in [-0.25, -0.2) is 8.78 Å². The monoisotopic (exact) mass is 282 g/mol. The van der Waals surface area contributed by atoms with Crippen LogP contribution >= 0.6 is 0 Å². The van der Waals surface area contributed by atoms with Gasteiger partial charge in [-0.1, -0.05) is 26.7 Å². The Hall–Kier alpha value is -1.16. The first-order valence-electron chi connectivity index (χ1n) is 7.43. The van der Waals surface area contributed by atoms with E-state index in [0.717, 1.165) is 25.7 Å². The average molecular weight is 282 g/mol. The molecule has 2 nitrogen and oxygen atoms in total. The first-order chi connectivity index (χ1) is 9.49. The van der Waals surface area contributed by atoms with Gasteiger partial charge in [0.2, 0.25) is 0 Å². The van der Waals surface area contributed by atoms with Crippen molar-refractivity contribution in [3.05, 3.63) is 29.3 Å². The largest absolute Gasteiger partial charge is 0.367 e. The van der Waals surface area contributed by atoms with Gasteiger partial charge in [-0.15, -0.1) is 0 Å². The highest BCUT2D eigenvalue weighted by Gasteiger charge is 2.24. The first kappa shape index (κ1) is 15.2. The van der Waals surface area contributed by atoms with E-state index in [4.69, 9.17) is 0 Å². The molecule has 1 saturated carbocycles. The van der Waals surface area contributed by atoms with Gasteiger partial charge < -0.3 is 10.2 Å². The molecule has 1 fully saturated rings. The van der Waals surface area contributed by atoms with E-state index in [-0.39, 0.29) is 11.7 Å². The first-order valence-corrected chi connectivity index (χ1v) is 7.43. The molecule has 1 aliphatic rings. The predicted molar refractivity (Wildman–Crippen MR) is 79.0 cm³/mol. The fourth-order valence-corrected chi connectivity index (χ4v) is 2.85. The van der Waals surface area contributed by atoms with Gasteiger partial charge in [0, 0.05) is 25.7 Å². The molecular formula is C16H24F2N2. The number of hydrogen-bond acceptors (Lipinski definition) is 2. The lowest BCUT2D eigenvalue weighted by molar-refractivity contribution is 0.543. The minimum absolute atomic E-state index is 0.116. The smallest absolute Gasteiger partial charge is 0.149 e. The molecule has 0 aliphatic heterocycles. The maximum Gasteiger partial charge on any atom is 0.149 e. The summed E-state index contributed by atoms with van der Waals surface area (Å²) in [5.41, 5.74) is 0.766. The van der Waals surface area contributed by atoms with Crippen LogP contribution in [0.2, 0.25) is 0 Å². The Balaban J connectivity index is 2.17. The van der Waals surface area contributed by atoms with Gasteiger partial charge in [0.15, 0.2) is 0 Å². The molecule has 1 aromatic rings. The van der Waals surface area contributed by atoms with Crippen molar-refractivity contribution in [3.63, 3.8) is 0 Å². The third-order valence-corrected chi connectivity index (χ3v) is 4.02. The van der Waals surface area contributed by atoms with Crippen LogP contribution in [-0.2, 0) is 6.54 Å². The Kier molecular flexibility index (Phi) is 4.97. The molecule has 0 aromatic heterocycles. The minimum atomic E-state index is -0.458. The number of anilines is 1. The van der Waals surface area contributed by atoms with E-state index in [2.05, 4.69) is 5.32 Å². The molecule has 0 radical (unpaired) electrons. The number of halogens is 2. The van der Waals surface area contributed by atoms with Crippen LogP contribution in [0.5, 0.6) is 0 Å². The van der Waals surface area contributed by atoms with E-state index in [1.54, 1.807) is 11.9 Å². The zero-order chi connectivity index (χ0) is 14.7. The second-order valence-electron chi connectivity index (χ2n) is 5.99. The number of rotatable bonds is 5. The Bertz CT molecular complexity index is 431. The maximum absolute atomic E-state index is 14.2. The van der Waals surface area contributed by atoms with Crippen LogP contribution in [0.1, 0.15) is 45.1 Å². The van der Waals surface area contributed by atoms with Gasteiger partial charge in [-0.2, -0.15) is 0 Å². The highest BCUT2D eigenvalue weighted by Crippen LogP contribution is 2.31. The molecule has 112 valence electrons. The summed E-state index contributed by atoms with van der Waals surface area (Å²) in [4.78, 5) is 1.78. The molecule has 1 aliphatic carbocycles. The number of hydrogen-bond donors (Lipinski definition) is 1.